The fourth-order valence-corrected chi connectivity index (χ4v) is 3.33. The van der Waals surface area contributed by atoms with Crippen molar-refractivity contribution in [2.24, 2.45) is 0 Å². The minimum absolute atomic E-state index is 0.132. The Balaban J connectivity index is 2.00. The number of carbonyl (C=O) groups excluding carboxylic acids is 2. The molecule has 1 aliphatic carbocycles. The Kier molecular flexibility index (Phi) is 4.86. The Bertz CT molecular complexity index is 864. The highest BCUT2D eigenvalue weighted by Gasteiger charge is 2.45. The number of anilines is 1. The first kappa shape index (κ1) is 19.2. The lowest BCUT2D eigenvalue weighted by atomic mass is 9.93. The van der Waals surface area contributed by atoms with E-state index in [4.69, 9.17) is 0 Å². The van der Waals surface area contributed by atoms with Crippen molar-refractivity contribution in [3.05, 3.63) is 53.1 Å². The molecular formula is C19H20F3N3O2. The summed E-state index contributed by atoms with van der Waals surface area (Å²) in [4.78, 5) is 24.8. The van der Waals surface area contributed by atoms with Gasteiger partial charge in [0.25, 0.3) is 0 Å². The Labute approximate surface area is 154 Å². The molecule has 5 nitrogen and oxygen atoms in total. The van der Waals surface area contributed by atoms with Gasteiger partial charge in [0, 0.05) is 19.0 Å². The molecule has 0 aromatic heterocycles. The van der Waals surface area contributed by atoms with E-state index in [1.165, 1.54) is 38.3 Å². The summed E-state index contributed by atoms with van der Waals surface area (Å²) in [5, 5.41) is 3.49. The normalized spacial score (nSPS) is 26.8. The number of rotatable bonds is 4. The fourth-order valence-electron chi connectivity index (χ4n) is 3.33. The first-order valence-electron chi connectivity index (χ1n) is 8.51. The molecule has 1 aromatic carbocycles. The summed E-state index contributed by atoms with van der Waals surface area (Å²) in [6, 6.07) is 1.49. The third-order valence-electron chi connectivity index (χ3n) is 5.05. The van der Waals surface area contributed by atoms with Gasteiger partial charge in [-0.3, -0.25) is 9.59 Å². The molecule has 1 aliphatic heterocycles. The molecular weight excluding hydrogens is 359 g/mol. The summed E-state index contributed by atoms with van der Waals surface area (Å²) < 4.78 is 42.8. The number of alkyl halides is 1. The zero-order valence-electron chi connectivity index (χ0n) is 15.1. The minimum Gasteiger partial charge on any atom is -0.359 e. The number of hydrogen-bond donors (Lipinski definition) is 2. The van der Waals surface area contributed by atoms with Crippen LogP contribution in [0.15, 0.2) is 36.2 Å². The number of nitrogens with one attached hydrogen (secondary N) is 2. The lowest BCUT2D eigenvalue weighted by molar-refractivity contribution is -0.126. The van der Waals surface area contributed by atoms with Crippen molar-refractivity contribution in [3.63, 3.8) is 0 Å². The highest BCUT2D eigenvalue weighted by atomic mass is 19.2. The van der Waals surface area contributed by atoms with E-state index in [2.05, 4.69) is 10.7 Å². The summed E-state index contributed by atoms with van der Waals surface area (Å²) in [7, 11) is 1.45. The number of fused-ring (bicyclic) bond motifs is 1. The molecule has 0 bridgehead atoms. The van der Waals surface area contributed by atoms with Gasteiger partial charge < -0.3 is 5.32 Å². The molecule has 2 amide bonds. The average Bonchev–Trinajstić information content (AvgIpc) is 2.88. The summed E-state index contributed by atoms with van der Waals surface area (Å²) in [6.45, 7) is 2.55. The van der Waals surface area contributed by atoms with Crippen molar-refractivity contribution >= 4 is 17.5 Å². The third-order valence-corrected chi connectivity index (χ3v) is 5.05. The van der Waals surface area contributed by atoms with Crippen LogP contribution in [0.5, 0.6) is 0 Å². The monoisotopic (exact) mass is 379 g/mol. The van der Waals surface area contributed by atoms with Crippen LogP contribution in [0.3, 0.4) is 0 Å². The van der Waals surface area contributed by atoms with Gasteiger partial charge in [0.15, 0.2) is 5.67 Å². The molecule has 3 atom stereocenters. The van der Waals surface area contributed by atoms with E-state index in [0.717, 1.165) is 18.0 Å². The van der Waals surface area contributed by atoms with Crippen molar-refractivity contribution in [2.75, 3.05) is 12.1 Å². The van der Waals surface area contributed by atoms with Crippen LogP contribution in [0.4, 0.5) is 18.9 Å². The van der Waals surface area contributed by atoms with Crippen molar-refractivity contribution < 1.29 is 22.8 Å². The van der Waals surface area contributed by atoms with Gasteiger partial charge in [-0.05, 0) is 31.6 Å². The SMILES string of the molecule is CNC(=O)CC1C(=O)N(NC2C=CC=C(F)C2(C)F)c2c1ccc(F)c2C. The molecule has 1 heterocycles. The van der Waals surface area contributed by atoms with E-state index < -0.39 is 35.2 Å². The third kappa shape index (κ3) is 3.14. The highest BCUT2D eigenvalue weighted by molar-refractivity contribution is 6.07. The largest absolute Gasteiger partial charge is 0.359 e. The van der Waals surface area contributed by atoms with Crippen LogP contribution in [0.25, 0.3) is 0 Å². The summed E-state index contributed by atoms with van der Waals surface area (Å²) in [5.41, 5.74) is 1.18. The second-order valence-electron chi connectivity index (χ2n) is 6.80. The van der Waals surface area contributed by atoms with Crippen molar-refractivity contribution in [1.82, 2.24) is 10.7 Å². The number of amides is 2. The van der Waals surface area contributed by atoms with E-state index in [0.29, 0.717) is 5.56 Å². The van der Waals surface area contributed by atoms with E-state index >= 15 is 0 Å². The summed E-state index contributed by atoms with van der Waals surface area (Å²) in [5.74, 6) is -3.24. The zero-order chi connectivity index (χ0) is 19.9. The quantitative estimate of drug-likeness (QED) is 0.846. The van der Waals surface area contributed by atoms with Gasteiger partial charge in [-0.2, -0.15) is 0 Å². The van der Waals surface area contributed by atoms with Crippen LogP contribution in [-0.2, 0) is 9.59 Å². The molecule has 27 heavy (non-hydrogen) atoms. The highest BCUT2D eigenvalue weighted by Crippen LogP contribution is 2.42. The molecule has 0 fully saturated rings. The maximum Gasteiger partial charge on any atom is 0.249 e. The number of hydrogen-bond acceptors (Lipinski definition) is 3. The number of hydrazine groups is 1. The van der Waals surface area contributed by atoms with Crippen LogP contribution in [-0.4, -0.2) is 30.6 Å². The van der Waals surface area contributed by atoms with E-state index in [9.17, 15) is 22.8 Å². The lowest BCUT2D eigenvalue weighted by Gasteiger charge is -2.34. The molecule has 0 radical (unpaired) electrons. The number of benzene rings is 1. The van der Waals surface area contributed by atoms with E-state index in [-0.39, 0.29) is 23.6 Å². The molecule has 144 valence electrons. The topological polar surface area (TPSA) is 61.4 Å². The maximum absolute atomic E-state index is 14.8. The number of halogens is 3. The fraction of sp³-hybridized carbons (Fsp3) is 0.368. The molecule has 3 rings (SSSR count). The van der Waals surface area contributed by atoms with Crippen LogP contribution < -0.4 is 15.8 Å². The van der Waals surface area contributed by atoms with Gasteiger partial charge in [-0.15, -0.1) is 0 Å². The van der Waals surface area contributed by atoms with Gasteiger partial charge in [-0.25, -0.2) is 23.6 Å². The van der Waals surface area contributed by atoms with Gasteiger partial charge in [-0.1, -0.05) is 18.2 Å². The standard InChI is InChI=1S/C19H20F3N3O2/c1-10-13(20)8-7-11-12(9-16(26)23-3)18(27)25(17(10)11)24-15-6-4-5-14(21)19(15,2)22/h4-8,12,15,24H,9H2,1-3H3,(H,23,26). The predicted molar refractivity (Wildman–Crippen MR) is 94.8 cm³/mol. The van der Waals surface area contributed by atoms with E-state index in [1.807, 2.05) is 0 Å². The zero-order valence-corrected chi connectivity index (χ0v) is 15.1. The number of allylic oxidation sites excluding steroid dienone is 2. The van der Waals surface area contributed by atoms with E-state index in [1.54, 1.807) is 0 Å². The van der Waals surface area contributed by atoms with Gasteiger partial charge in [0.2, 0.25) is 11.8 Å². The lowest BCUT2D eigenvalue weighted by Crippen LogP contribution is -2.55. The predicted octanol–water partition coefficient (Wildman–Crippen LogP) is 2.73. The Morgan fingerprint density at radius 2 is 2.04 bits per heavy atom. The number of nitrogens with zero attached hydrogens (tertiary/aromatic N) is 1. The smallest absolute Gasteiger partial charge is 0.249 e. The first-order chi connectivity index (χ1) is 12.7. The molecule has 0 saturated carbocycles. The number of carbonyl (C=O) groups is 2. The van der Waals surface area contributed by atoms with Gasteiger partial charge in [0.1, 0.15) is 11.6 Å². The molecule has 3 unspecified atom stereocenters. The molecule has 8 heteroatoms. The average molecular weight is 379 g/mol. The second kappa shape index (κ2) is 6.84. The Morgan fingerprint density at radius 1 is 1.33 bits per heavy atom. The molecule has 0 saturated heterocycles. The van der Waals surface area contributed by atoms with Crippen LogP contribution >= 0.6 is 0 Å². The first-order valence-corrected chi connectivity index (χ1v) is 8.51. The summed E-state index contributed by atoms with van der Waals surface area (Å²) in [6.07, 6.45) is 3.61. The van der Waals surface area contributed by atoms with Crippen LogP contribution in [0.2, 0.25) is 0 Å². The second-order valence-corrected chi connectivity index (χ2v) is 6.80. The Morgan fingerprint density at radius 3 is 2.70 bits per heavy atom. The van der Waals surface area contributed by atoms with Gasteiger partial charge >= 0.3 is 0 Å². The molecule has 2 N–H and O–H groups in total. The van der Waals surface area contributed by atoms with Crippen molar-refractivity contribution in [3.8, 4) is 0 Å². The molecule has 1 aromatic rings. The van der Waals surface area contributed by atoms with Crippen molar-refractivity contribution in [1.29, 1.82) is 0 Å². The minimum atomic E-state index is -2.38. The molecule has 0 spiro atoms. The molecule has 2 aliphatic rings. The Hall–Kier alpha value is -2.61. The summed E-state index contributed by atoms with van der Waals surface area (Å²) >= 11 is 0. The van der Waals surface area contributed by atoms with Crippen LogP contribution in [0.1, 0.15) is 30.4 Å². The van der Waals surface area contributed by atoms with Gasteiger partial charge in [0.05, 0.1) is 17.6 Å². The maximum atomic E-state index is 14.8. The van der Waals surface area contributed by atoms with Crippen LogP contribution in [0, 0.1) is 12.7 Å². The van der Waals surface area contributed by atoms with Crippen molar-refractivity contribution in [2.45, 2.75) is 37.9 Å².